The number of halogens is 1. The highest BCUT2D eigenvalue weighted by molar-refractivity contribution is 9.09. The van der Waals surface area contributed by atoms with Gasteiger partial charge in [0.15, 0.2) is 0 Å². The number of alkyl halides is 1. The summed E-state index contributed by atoms with van der Waals surface area (Å²) in [5.74, 6) is -0.152. The summed E-state index contributed by atoms with van der Waals surface area (Å²) in [6.07, 6.45) is 4.76. The predicted octanol–water partition coefficient (Wildman–Crippen LogP) is 3.08. The van der Waals surface area contributed by atoms with Crippen LogP contribution >= 0.6 is 15.9 Å². The number of ether oxygens (including phenoxy) is 12. The molecule has 0 fully saturated rings. The van der Waals surface area contributed by atoms with Gasteiger partial charge in [-0.2, -0.15) is 0 Å². The molecule has 0 saturated carbocycles. The SMILES string of the molecule is CCCCCCC(=O)OCCOCCOCCOCCOCCOCCOCCOCCOCCOCCOCCOCCBr. The minimum absolute atomic E-state index is 0.152. The lowest BCUT2D eigenvalue weighted by molar-refractivity contribution is -0.145. The molecule has 270 valence electrons. The van der Waals surface area contributed by atoms with Crippen molar-refractivity contribution in [1.29, 1.82) is 0 Å². The summed E-state index contributed by atoms with van der Waals surface area (Å²) in [6.45, 7) is 13.8. The molecule has 0 spiro atoms. The van der Waals surface area contributed by atoms with E-state index in [1.165, 1.54) is 0 Å². The summed E-state index contributed by atoms with van der Waals surface area (Å²) in [4.78, 5) is 11.5. The first kappa shape index (κ1) is 44.5. The highest BCUT2D eigenvalue weighted by atomic mass is 79.9. The maximum atomic E-state index is 11.5. The van der Waals surface area contributed by atoms with Gasteiger partial charge in [0.05, 0.1) is 145 Å². The highest BCUT2D eigenvalue weighted by Crippen LogP contribution is 2.03. The molecule has 0 heterocycles. The van der Waals surface area contributed by atoms with Gasteiger partial charge >= 0.3 is 5.97 Å². The maximum absolute atomic E-state index is 11.5. The molecule has 0 rings (SSSR count). The molecule has 0 aromatic carbocycles. The first-order valence-corrected chi connectivity index (χ1v) is 17.5. The van der Waals surface area contributed by atoms with Gasteiger partial charge in [0, 0.05) is 11.8 Å². The van der Waals surface area contributed by atoms with Gasteiger partial charge in [-0.25, -0.2) is 0 Å². The lowest BCUT2D eigenvalue weighted by Crippen LogP contribution is -2.15. The van der Waals surface area contributed by atoms with Gasteiger partial charge in [-0.15, -0.1) is 0 Å². The van der Waals surface area contributed by atoms with Crippen LogP contribution < -0.4 is 0 Å². The molecule has 0 aliphatic heterocycles. The molecular weight excluding hydrogens is 660 g/mol. The highest BCUT2D eigenvalue weighted by Gasteiger charge is 2.02. The molecule has 0 saturated heterocycles. The summed E-state index contributed by atoms with van der Waals surface area (Å²) >= 11 is 3.30. The molecule has 0 radical (unpaired) electrons. The molecule has 0 aliphatic carbocycles. The molecule has 0 atom stereocenters. The Morgan fingerprint density at radius 1 is 0.378 bits per heavy atom. The van der Waals surface area contributed by atoms with Crippen molar-refractivity contribution >= 4 is 21.9 Å². The van der Waals surface area contributed by atoms with E-state index in [1.807, 2.05) is 0 Å². The van der Waals surface area contributed by atoms with Crippen LogP contribution in [0.5, 0.6) is 0 Å². The second-order valence-corrected chi connectivity index (χ2v) is 10.2. The zero-order chi connectivity index (χ0) is 32.6. The number of rotatable bonds is 40. The van der Waals surface area contributed by atoms with Gasteiger partial charge in [-0.1, -0.05) is 42.1 Å². The monoisotopic (exact) mass is 720 g/mol. The van der Waals surface area contributed by atoms with E-state index >= 15 is 0 Å². The third kappa shape index (κ3) is 41.5. The lowest BCUT2D eigenvalue weighted by atomic mass is 10.2. The van der Waals surface area contributed by atoms with E-state index in [9.17, 15) is 4.79 Å². The molecule has 0 N–H and O–H groups in total. The Kier molecular flexibility index (Phi) is 41.1. The fourth-order valence-electron chi connectivity index (χ4n) is 3.34. The van der Waals surface area contributed by atoms with Gasteiger partial charge in [0.2, 0.25) is 0 Å². The Labute approximate surface area is 279 Å². The molecule has 0 amide bonds. The molecule has 45 heavy (non-hydrogen) atoms. The van der Waals surface area contributed by atoms with Crippen LogP contribution in [0.15, 0.2) is 0 Å². The Hall–Kier alpha value is -0.490. The van der Waals surface area contributed by atoms with E-state index in [0.29, 0.717) is 152 Å². The molecule has 0 aromatic heterocycles. The van der Waals surface area contributed by atoms with E-state index < -0.39 is 0 Å². The minimum atomic E-state index is -0.152. The summed E-state index contributed by atoms with van der Waals surface area (Å²) in [5.41, 5.74) is 0. The summed E-state index contributed by atoms with van der Waals surface area (Å²) in [5, 5.41) is 0.836. The van der Waals surface area contributed by atoms with Crippen LogP contribution in [0.2, 0.25) is 0 Å². The van der Waals surface area contributed by atoms with E-state index in [2.05, 4.69) is 22.9 Å². The summed E-state index contributed by atoms with van der Waals surface area (Å²) < 4.78 is 64.9. The molecular formula is C31H61BrO13. The Morgan fingerprint density at radius 3 is 0.911 bits per heavy atom. The Morgan fingerprint density at radius 2 is 0.644 bits per heavy atom. The Balaban J connectivity index is 3.07. The number of carbonyl (C=O) groups excluding carboxylic acids is 1. The quantitative estimate of drug-likeness (QED) is 0.0523. The van der Waals surface area contributed by atoms with Crippen LogP contribution in [0.3, 0.4) is 0 Å². The summed E-state index contributed by atoms with van der Waals surface area (Å²) in [6, 6.07) is 0. The first-order valence-electron chi connectivity index (χ1n) is 16.4. The number of hydrogen-bond donors (Lipinski definition) is 0. The van der Waals surface area contributed by atoms with Crippen molar-refractivity contribution in [3.05, 3.63) is 0 Å². The lowest BCUT2D eigenvalue weighted by Gasteiger charge is -2.09. The zero-order valence-corrected chi connectivity index (χ0v) is 29.3. The molecule has 0 aliphatic rings. The van der Waals surface area contributed by atoms with Crippen molar-refractivity contribution in [2.45, 2.75) is 39.0 Å². The maximum Gasteiger partial charge on any atom is 0.305 e. The van der Waals surface area contributed by atoms with Crippen LogP contribution in [0, 0.1) is 0 Å². The molecule has 14 heteroatoms. The average molecular weight is 722 g/mol. The van der Waals surface area contributed by atoms with Crippen molar-refractivity contribution in [3.8, 4) is 0 Å². The van der Waals surface area contributed by atoms with Gasteiger partial charge in [-0.05, 0) is 6.42 Å². The van der Waals surface area contributed by atoms with Gasteiger partial charge < -0.3 is 56.8 Å². The van der Waals surface area contributed by atoms with Crippen molar-refractivity contribution < 1.29 is 61.6 Å². The minimum Gasteiger partial charge on any atom is -0.463 e. The molecule has 13 nitrogen and oxygen atoms in total. The topological polar surface area (TPSA) is 128 Å². The van der Waals surface area contributed by atoms with Crippen LogP contribution in [0.25, 0.3) is 0 Å². The van der Waals surface area contributed by atoms with Crippen LogP contribution in [-0.4, -0.2) is 163 Å². The van der Waals surface area contributed by atoms with E-state index in [0.717, 1.165) is 31.0 Å². The van der Waals surface area contributed by atoms with Crippen molar-refractivity contribution in [1.82, 2.24) is 0 Å². The predicted molar refractivity (Wildman–Crippen MR) is 173 cm³/mol. The fraction of sp³-hybridized carbons (Fsp3) is 0.968. The van der Waals surface area contributed by atoms with Crippen molar-refractivity contribution in [2.24, 2.45) is 0 Å². The van der Waals surface area contributed by atoms with Crippen LogP contribution in [0.1, 0.15) is 39.0 Å². The van der Waals surface area contributed by atoms with Gasteiger partial charge in [-0.3, -0.25) is 4.79 Å². The van der Waals surface area contributed by atoms with E-state index in [4.69, 9.17) is 56.8 Å². The summed E-state index contributed by atoms with van der Waals surface area (Å²) in [7, 11) is 0. The van der Waals surface area contributed by atoms with E-state index in [1.54, 1.807) is 0 Å². The second-order valence-electron chi connectivity index (χ2n) is 9.46. The molecule has 0 bridgehead atoms. The van der Waals surface area contributed by atoms with Crippen molar-refractivity contribution in [3.63, 3.8) is 0 Å². The number of carbonyl (C=O) groups is 1. The van der Waals surface area contributed by atoms with Crippen molar-refractivity contribution in [2.75, 3.05) is 157 Å². The Bertz CT molecular complexity index is 564. The van der Waals surface area contributed by atoms with Gasteiger partial charge in [0.25, 0.3) is 0 Å². The van der Waals surface area contributed by atoms with Crippen LogP contribution in [0.4, 0.5) is 0 Å². The third-order valence-electron chi connectivity index (χ3n) is 5.67. The smallest absolute Gasteiger partial charge is 0.305 e. The van der Waals surface area contributed by atoms with Gasteiger partial charge in [0.1, 0.15) is 6.61 Å². The van der Waals surface area contributed by atoms with Crippen LogP contribution in [-0.2, 0) is 61.6 Å². The standard InChI is InChI=1S/C31H61BrO13/c1-2-3-4-5-6-31(33)45-30-29-44-28-27-43-26-25-42-24-23-41-22-21-40-20-19-39-18-17-38-16-15-37-14-13-36-12-11-35-10-9-34-8-7-32/h2-30H2,1H3. The van der Waals surface area contributed by atoms with E-state index in [-0.39, 0.29) is 12.6 Å². The molecule has 0 unspecified atom stereocenters. The number of hydrogen-bond acceptors (Lipinski definition) is 13. The zero-order valence-electron chi connectivity index (χ0n) is 27.7. The normalized spacial score (nSPS) is 11.4. The largest absolute Gasteiger partial charge is 0.463 e. The number of esters is 1. The molecule has 0 aromatic rings. The first-order chi connectivity index (χ1) is 22.3. The average Bonchev–Trinajstić information content (AvgIpc) is 3.05. The fourth-order valence-corrected chi connectivity index (χ4v) is 3.57. The number of unbranched alkanes of at least 4 members (excludes halogenated alkanes) is 3. The third-order valence-corrected chi connectivity index (χ3v) is 5.99. The second kappa shape index (κ2) is 41.5.